The summed E-state index contributed by atoms with van der Waals surface area (Å²) in [7, 11) is 1.92. The molecule has 2 aromatic heterocycles. The van der Waals surface area contributed by atoms with Crippen molar-refractivity contribution < 1.29 is 9.53 Å². The molecular formula is C22H26N4O2S2. The van der Waals surface area contributed by atoms with Crippen molar-refractivity contribution in [2.24, 2.45) is 7.05 Å². The van der Waals surface area contributed by atoms with Gasteiger partial charge in [-0.2, -0.15) is 5.10 Å². The first-order chi connectivity index (χ1) is 14.4. The van der Waals surface area contributed by atoms with E-state index in [0.29, 0.717) is 28.8 Å². The van der Waals surface area contributed by atoms with Gasteiger partial charge in [-0.15, -0.1) is 11.3 Å². The Balaban J connectivity index is 1.74. The maximum absolute atomic E-state index is 12.5. The molecule has 30 heavy (non-hydrogen) atoms. The van der Waals surface area contributed by atoms with Crippen molar-refractivity contribution in [2.45, 2.75) is 33.7 Å². The lowest BCUT2D eigenvalue weighted by molar-refractivity contribution is 0.0528. The fourth-order valence-corrected chi connectivity index (χ4v) is 4.49. The van der Waals surface area contributed by atoms with Gasteiger partial charge in [0.05, 0.1) is 17.9 Å². The minimum atomic E-state index is -0.350. The molecule has 2 heterocycles. The first-order valence-corrected chi connectivity index (χ1v) is 11.0. The minimum Gasteiger partial charge on any atom is -0.462 e. The fraction of sp³-hybridized carbons (Fsp3) is 0.318. The van der Waals surface area contributed by atoms with Gasteiger partial charge in [0.25, 0.3) is 0 Å². The van der Waals surface area contributed by atoms with Crippen LogP contribution in [0.1, 0.15) is 44.7 Å². The van der Waals surface area contributed by atoms with Gasteiger partial charge in [-0.3, -0.25) is 4.68 Å². The number of rotatable bonds is 7. The van der Waals surface area contributed by atoms with Crippen LogP contribution in [-0.4, -0.2) is 27.5 Å². The molecule has 0 saturated carbocycles. The lowest BCUT2D eigenvalue weighted by Crippen LogP contribution is -2.28. The highest BCUT2D eigenvalue weighted by atomic mass is 32.1. The maximum Gasteiger partial charge on any atom is 0.341 e. The fourth-order valence-electron chi connectivity index (χ4n) is 3.17. The van der Waals surface area contributed by atoms with E-state index >= 15 is 0 Å². The summed E-state index contributed by atoms with van der Waals surface area (Å²) < 4.78 is 7.09. The van der Waals surface area contributed by atoms with Gasteiger partial charge in [-0.1, -0.05) is 30.3 Å². The molecule has 0 aliphatic heterocycles. The molecule has 8 heteroatoms. The van der Waals surface area contributed by atoms with E-state index in [-0.39, 0.29) is 5.97 Å². The number of anilines is 1. The summed E-state index contributed by atoms with van der Waals surface area (Å²) in [4.78, 5) is 13.5. The topological polar surface area (TPSA) is 68.2 Å². The summed E-state index contributed by atoms with van der Waals surface area (Å²) >= 11 is 7.00. The Labute approximate surface area is 186 Å². The van der Waals surface area contributed by atoms with Crippen molar-refractivity contribution >= 4 is 39.6 Å². The zero-order chi connectivity index (χ0) is 21.7. The van der Waals surface area contributed by atoms with Crippen LogP contribution >= 0.6 is 23.6 Å². The smallest absolute Gasteiger partial charge is 0.341 e. The van der Waals surface area contributed by atoms with Crippen LogP contribution in [0.25, 0.3) is 0 Å². The van der Waals surface area contributed by atoms with E-state index in [1.807, 2.05) is 49.8 Å². The molecule has 0 atom stereocenters. The average molecular weight is 443 g/mol. The quantitative estimate of drug-likeness (QED) is 0.419. The van der Waals surface area contributed by atoms with E-state index in [0.717, 1.165) is 28.2 Å². The van der Waals surface area contributed by atoms with Crippen molar-refractivity contribution in [3.8, 4) is 0 Å². The third-order valence-corrected chi connectivity index (χ3v) is 6.11. The van der Waals surface area contributed by atoms with E-state index in [1.54, 1.807) is 6.92 Å². The standard InChI is InChI=1S/C22H26N4O2S2/c1-5-28-21(27)18-12-17(11-16-9-7-6-8-10-16)30-20(18)24-22(29)23-13-19-14(2)25-26(4)15(19)3/h6-10,12H,5,11,13H2,1-4H3,(H2,23,24,29). The van der Waals surface area contributed by atoms with Crippen LogP contribution in [0.2, 0.25) is 0 Å². The third kappa shape index (κ3) is 5.25. The van der Waals surface area contributed by atoms with Gasteiger partial charge in [-0.25, -0.2) is 4.79 Å². The van der Waals surface area contributed by atoms with Crippen LogP contribution in [0.5, 0.6) is 0 Å². The van der Waals surface area contributed by atoms with Crippen LogP contribution in [0, 0.1) is 13.8 Å². The normalized spacial score (nSPS) is 10.7. The molecule has 0 aliphatic rings. The van der Waals surface area contributed by atoms with Crippen LogP contribution < -0.4 is 10.6 Å². The van der Waals surface area contributed by atoms with Gasteiger partial charge in [0.2, 0.25) is 0 Å². The maximum atomic E-state index is 12.5. The number of ether oxygens (including phenoxy) is 1. The number of nitrogens with zero attached hydrogens (tertiary/aromatic N) is 2. The molecule has 0 saturated heterocycles. The lowest BCUT2D eigenvalue weighted by Gasteiger charge is -2.11. The number of thiocarbonyl (C=S) groups is 1. The highest BCUT2D eigenvalue weighted by Crippen LogP contribution is 2.30. The van der Waals surface area contributed by atoms with E-state index in [4.69, 9.17) is 17.0 Å². The van der Waals surface area contributed by atoms with Gasteiger partial charge in [-0.05, 0) is 44.6 Å². The number of hydrogen-bond acceptors (Lipinski definition) is 5. The molecular weight excluding hydrogens is 416 g/mol. The molecule has 1 aromatic carbocycles. The Kier molecular flexibility index (Phi) is 7.23. The van der Waals surface area contributed by atoms with E-state index in [9.17, 15) is 4.79 Å². The molecule has 0 aliphatic carbocycles. The lowest BCUT2D eigenvalue weighted by atomic mass is 10.1. The summed E-state index contributed by atoms with van der Waals surface area (Å²) in [6.45, 7) is 6.70. The first kappa shape index (κ1) is 22.0. The molecule has 3 aromatic rings. The van der Waals surface area contributed by atoms with Gasteiger partial charge < -0.3 is 15.4 Å². The molecule has 0 spiro atoms. The van der Waals surface area contributed by atoms with E-state index in [1.165, 1.54) is 16.9 Å². The predicted octanol–water partition coefficient (Wildman–Crippen LogP) is 4.35. The molecule has 3 rings (SSSR count). The summed E-state index contributed by atoms with van der Waals surface area (Å²) in [5, 5.41) is 12.0. The van der Waals surface area contributed by atoms with Crippen molar-refractivity contribution in [3.05, 3.63) is 69.4 Å². The number of benzene rings is 1. The van der Waals surface area contributed by atoms with Crippen molar-refractivity contribution in [1.82, 2.24) is 15.1 Å². The molecule has 0 radical (unpaired) electrons. The largest absolute Gasteiger partial charge is 0.462 e. The molecule has 0 unspecified atom stereocenters. The Morgan fingerprint density at radius 2 is 2.00 bits per heavy atom. The van der Waals surface area contributed by atoms with Gasteiger partial charge >= 0.3 is 5.97 Å². The molecule has 0 amide bonds. The Morgan fingerprint density at radius 3 is 2.63 bits per heavy atom. The number of esters is 1. The number of hydrogen-bond donors (Lipinski definition) is 2. The monoisotopic (exact) mass is 442 g/mol. The number of thiophene rings is 1. The molecule has 158 valence electrons. The van der Waals surface area contributed by atoms with Crippen molar-refractivity contribution in [3.63, 3.8) is 0 Å². The average Bonchev–Trinajstić information content (AvgIpc) is 3.21. The van der Waals surface area contributed by atoms with Crippen LogP contribution in [0.3, 0.4) is 0 Å². The molecule has 0 fully saturated rings. The summed E-state index contributed by atoms with van der Waals surface area (Å²) in [5.74, 6) is -0.350. The zero-order valence-electron chi connectivity index (χ0n) is 17.6. The number of carbonyl (C=O) groups is 1. The Morgan fingerprint density at radius 1 is 1.27 bits per heavy atom. The molecule has 6 nitrogen and oxygen atoms in total. The highest BCUT2D eigenvalue weighted by molar-refractivity contribution is 7.80. The summed E-state index contributed by atoms with van der Waals surface area (Å²) in [6, 6.07) is 12.0. The highest BCUT2D eigenvalue weighted by Gasteiger charge is 2.19. The van der Waals surface area contributed by atoms with Crippen LogP contribution in [-0.2, 0) is 24.8 Å². The second-order valence-electron chi connectivity index (χ2n) is 6.92. The summed E-state index contributed by atoms with van der Waals surface area (Å²) in [6.07, 6.45) is 0.744. The Hall–Kier alpha value is -2.71. The van der Waals surface area contributed by atoms with Crippen molar-refractivity contribution in [1.29, 1.82) is 0 Å². The minimum absolute atomic E-state index is 0.324. The second kappa shape index (κ2) is 9.86. The number of aromatic nitrogens is 2. The van der Waals surface area contributed by atoms with E-state index in [2.05, 4.69) is 27.9 Å². The second-order valence-corrected chi connectivity index (χ2v) is 8.46. The molecule has 2 N–H and O–H groups in total. The van der Waals surface area contributed by atoms with Gasteiger partial charge in [0.1, 0.15) is 5.00 Å². The van der Waals surface area contributed by atoms with E-state index < -0.39 is 0 Å². The summed E-state index contributed by atoms with van der Waals surface area (Å²) in [5.41, 5.74) is 4.87. The van der Waals surface area contributed by atoms with Crippen LogP contribution in [0.15, 0.2) is 36.4 Å². The number of aryl methyl sites for hydroxylation is 2. The first-order valence-electron chi connectivity index (χ1n) is 9.76. The molecule has 0 bridgehead atoms. The number of nitrogens with one attached hydrogen (secondary N) is 2. The Bertz CT molecular complexity index is 1040. The van der Waals surface area contributed by atoms with Gasteiger partial charge in [0.15, 0.2) is 5.11 Å². The third-order valence-electron chi connectivity index (χ3n) is 4.81. The predicted molar refractivity (Wildman–Crippen MR) is 125 cm³/mol. The van der Waals surface area contributed by atoms with Crippen LogP contribution in [0.4, 0.5) is 5.00 Å². The van der Waals surface area contributed by atoms with Gasteiger partial charge in [0, 0.05) is 36.1 Å². The SMILES string of the molecule is CCOC(=O)c1cc(Cc2ccccc2)sc1NC(=S)NCc1c(C)nn(C)c1C. The zero-order valence-corrected chi connectivity index (χ0v) is 19.2. The number of carbonyl (C=O) groups excluding carboxylic acids is 1. The van der Waals surface area contributed by atoms with Crippen molar-refractivity contribution in [2.75, 3.05) is 11.9 Å².